The third-order valence-corrected chi connectivity index (χ3v) is 9.37. The van der Waals surface area contributed by atoms with Gasteiger partial charge < -0.3 is 24.4 Å². The molecule has 0 aliphatic carbocycles. The highest BCUT2D eigenvalue weighted by Gasteiger charge is 2.79. The minimum absolute atomic E-state index is 0.0715. The van der Waals surface area contributed by atoms with Crippen molar-refractivity contribution in [3.63, 3.8) is 0 Å². The number of nitrogens with zero attached hydrogens (tertiary/aromatic N) is 5. The van der Waals surface area contributed by atoms with Crippen LogP contribution in [0.25, 0.3) is 11.0 Å². The largest absolute Gasteiger partial charge is 0.465 e. The third-order valence-electron chi connectivity index (χ3n) is 9.37. The number of hydrogen-bond donors (Lipinski definition) is 1. The molecule has 11 heteroatoms. The van der Waals surface area contributed by atoms with Crippen molar-refractivity contribution < 1.29 is 29.0 Å². The molecule has 3 aliphatic heterocycles. The van der Waals surface area contributed by atoms with Gasteiger partial charge in [-0.1, -0.05) is 50.3 Å². The summed E-state index contributed by atoms with van der Waals surface area (Å²) in [4.78, 5) is 45.9. The average Bonchev–Trinajstić information content (AvgIpc) is 3.70. The molecule has 5 rings (SSSR count). The fourth-order valence-corrected chi connectivity index (χ4v) is 7.33. The van der Waals surface area contributed by atoms with Gasteiger partial charge in [0.05, 0.1) is 36.3 Å². The number of carbonyl (C=O) groups excluding carboxylic acids is 3. The Bertz CT molecular complexity index is 1370. The van der Waals surface area contributed by atoms with Gasteiger partial charge in [-0.15, -0.1) is 18.3 Å². The lowest BCUT2D eigenvalue weighted by molar-refractivity contribution is -0.164. The van der Waals surface area contributed by atoms with E-state index in [1.165, 1.54) is 4.90 Å². The molecule has 2 aromatic rings. The van der Waals surface area contributed by atoms with Crippen molar-refractivity contribution in [1.29, 1.82) is 0 Å². The molecule has 226 valence electrons. The van der Waals surface area contributed by atoms with Crippen LogP contribution < -0.4 is 0 Å². The fraction of sp³-hybridized carbons (Fsp3) is 0.581. The van der Waals surface area contributed by atoms with Crippen LogP contribution in [0.5, 0.6) is 0 Å². The van der Waals surface area contributed by atoms with Gasteiger partial charge in [0, 0.05) is 6.54 Å². The van der Waals surface area contributed by atoms with Gasteiger partial charge in [0.25, 0.3) is 0 Å². The molecule has 1 N–H and O–H groups in total. The highest BCUT2D eigenvalue weighted by atomic mass is 16.6. The maximum Gasteiger partial charge on any atom is 0.312 e. The van der Waals surface area contributed by atoms with Gasteiger partial charge in [-0.25, -0.2) is 4.68 Å². The molecule has 3 fully saturated rings. The predicted molar refractivity (Wildman–Crippen MR) is 155 cm³/mol. The number of benzene rings is 1. The average molecular weight is 580 g/mol. The number of aliphatic hydroxyl groups excluding tert-OH is 1. The molecule has 42 heavy (non-hydrogen) atoms. The van der Waals surface area contributed by atoms with Crippen molar-refractivity contribution in [2.75, 3.05) is 19.8 Å². The molecule has 1 aromatic heterocycles. The molecule has 1 aromatic carbocycles. The second-order valence-electron chi connectivity index (χ2n) is 11.9. The van der Waals surface area contributed by atoms with Gasteiger partial charge in [0.1, 0.15) is 29.7 Å². The number of ether oxygens (including phenoxy) is 2. The standard InChI is InChI=1S/C31H41N5O6/c1-6-9-17-41-29(40)25-24-27(38)36(23(18-37)20(4)5)26(31(24)15-14-30(25,8-3)42-31)28(39)34(16-7-2)19-35-22-13-11-10-12-21(22)32-33-35/h6-7,10-13,20,23-26,37H,1-2,8-9,14-19H2,3-5H3/t23-,24-,25+,26?,30-,31?/m0/s1. The number of aromatic nitrogens is 3. The van der Waals surface area contributed by atoms with E-state index in [0.717, 1.165) is 5.52 Å². The molecule has 2 unspecified atom stereocenters. The molecule has 11 nitrogen and oxygen atoms in total. The van der Waals surface area contributed by atoms with Crippen LogP contribution in [0.15, 0.2) is 49.6 Å². The highest BCUT2D eigenvalue weighted by molar-refractivity contribution is 5.98. The van der Waals surface area contributed by atoms with E-state index in [2.05, 4.69) is 23.5 Å². The summed E-state index contributed by atoms with van der Waals surface area (Å²) >= 11 is 0. The lowest BCUT2D eigenvalue weighted by atomic mass is 9.65. The molecule has 2 amide bonds. The van der Waals surface area contributed by atoms with Crippen LogP contribution in [0.2, 0.25) is 0 Å². The molecular formula is C31H41N5O6. The molecule has 3 saturated heterocycles. The summed E-state index contributed by atoms with van der Waals surface area (Å²) < 4.78 is 14.1. The summed E-state index contributed by atoms with van der Waals surface area (Å²) in [5.74, 6) is -3.11. The van der Waals surface area contributed by atoms with Crippen molar-refractivity contribution in [3.05, 3.63) is 49.6 Å². The van der Waals surface area contributed by atoms with Crippen molar-refractivity contribution in [1.82, 2.24) is 24.8 Å². The Balaban J connectivity index is 1.58. The minimum atomic E-state index is -1.24. The first-order valence-corrected chi connectivity index (χ1v) is 14.8. The smallest absolute Gasteiger partial charge is 0.312 e. The number of likely N-dealkylation sites (tertiary alicyclic amines) is 1. The van der Waals surface area contributed by atoms with E-state index in [0.29, 0.717) is 31.2 Å². The summed E-state index contributed by atoms with van der Waals surface area (Å²) in [7, 11) is 0. The first-order chi connectivity index (χ1) is 20.2. The maximum atomic E-state index is 14.7. The van der Waals surface area contributed by atoms with Gasteiger partial charge in [-0.05, 0) is 43.7 Å². The van der Waals surface area contributed by atoms with Crippen LogP contribution >= 0.6 is 0 Å². The molecule has 0 saturated carbocycles. The zero-order valence-corrected chi connectivity index (χ0v) is 24.6. The molecule has 6 atom stereocenters. The summed E-state index contributed by atoms with van der Waals surface area (Å²) in [5, 5.41) is 19.0. The van der Waals surface area contributed by atoms with Crippen molar-refractivity contribution in [3.8, 4) is 0 Å². The van der Waals surface area contributed by atoms with Crippen LogP contribution in [0, 0.1) is 17.8 Å². The van der Waals surface area contributed by atoms with E-state index in [1.807, 2.05) is 45.0 Å². The monoisotopic (exact) mass is 579 g/mol. The molecular weight excluding hydrogens is 538 g/mol. The Morgan fingerprint density at radius 3 is 2.69 bits per heavy atom. The van der Waals surface area contributed by atoms with E-state index in [4.69, 9.17) is 9.47 Å². The number of carbonyl (C=O) groups is 3. The summed E-state index contributed by atoms with van der Waals surface area (Å²) in [6.07, 6.45) is 5.23. The van der Waals surface area contributed by atoms with Gasteiger partial charge in [0.2, 0.25) is 11.8 Å². The Kier molecular flexibility index (Phi) is 8.26. The number of fused-ring (bicyclic) bond motifs is 2. The molecule has 0 radical (unpaired) electrons. The van der Waals surface area contributed by atoms with Crippen molar-refractivity contribution >= 4 is 28.8 Å². The zero-order valence-electron chi connectivity index (χ0n) is 24.6. The number of para-hydroxylation sites is 1. The first-order valence-electron chi connectivity index (χ1n) is 14.8. The first kappa shape index (κ1) is 29.9. The van der Waals surface area contributed by atoms with Gasteiger partial charge in [-0.3, -0.25) is 14.4 Å². The van der Waals surface area contributed by atoms with Crippen LogP contribution in [-0.2, 0) is 30.5 Å². The number of esters is 1. The maximum absolute atomic E-state index is 14.7. The molecule has 4 heterocycles. The number of amides is 2. The van der Waals surface area contributed by atoms with E-state index >= 15 is 0 Å². The Morgan fingerprint density at radius 2 is 2.02 bits per heavy atom. The molecule has 3 aliphatic rings. The number of hydrogen-bond acceptors (Lipinski definition) is 8. The summed E-state index contributed by atoms with van der Waals surface area (Å²) in [6.45, 7) is 13.4. The predicted octanol–water partition coefficient (Wildman–Crippen LogP) is 2.69. The van der Waals surface area contributed by atoms with Gasteiger partial charge >= 0.3 is 5.97 Å². The van der Waals surface area contributed by atoms with E-state index in [9.17, 15) is 19.5 Å². The van der Waals surface area contributed by atoms with Crippen molar-refractivity contribution in [2.45, 2.75) is 76.4 Å². The number of aliphatic hydroxyl groups is 1. The van der Waals surface area contributed by atoms with E-state index in [-0.39, 0.29) is 44.2 Å². The van der Waals surface area contributed by atoms with Crippen molar-refractivity contribution in [2.24, 2.45) is 17.8 Å². The normalized spacial score (nSPS) is 28.7. The van der Waals surface area contributed by atoms with E-state index < -0.39 is 41.1 Å². The highest BCUT2D eigenvalue weighted by Crippen LogP contribution is 2.65. The number of rotatable bonds is 13. The lowest BCUT2D eigenvalue weighted by Crippen LogP contribution is -2.59. The molecule has 2 bridgehead atoms. The van der Waals surface area contributed by atoms with Crippen LogP contribution in [0.1, 0.15) is 46.5 Å². The quantitative estimate of drug-likeness (QED) is 0.218. The Labute approximate surface area is 246 Å². The Hall–Kier alpha value is -3.57. The summed E-state index contributed by atoms with van der Waals surface area (Å²) in [6, 6.07) is 5.76. The fourth-order valence-electron chi connectivity index (χ4n) is 7.33. The van der Waals surface area contributed by atoms with Crippen LogP contribution in [0.3, 0.4) is 0 Å². The zero-order chi connectivity index (χ0) is 30.2. The van der Waals surface area contributed by atoms with Gasteiger partial charge in [0.15, 0.2) is 0 Å². The third kappa shape index (κ3) is 4.53. The van der Waals surface area contributed by atoms with E-state index in [1.54, 1.807) is 21.7 Å². The topological polar surface area (TPSA) is 127 Å². The Morgan fingerprint density at radius 1 is 1.26 bits per heavy atom. The van der Waals surface area contributed by atoms with Gasteiger partial charge in [-0.2, -0.15) is 0 Å². The lowest BCUT2D eigenvalue weighted by Gasteiger charge is -2.40. The molecule has 1 spiro atoms. The SMILES string of the molecule is C=CCCOC(=O)[C@H]1[C@H]2C(=O)N([C@@H](CO)C(C)C)C(C(=O)N(CC=C)Cn3nnc4ccccc43)C23CC[C@]1(CC)O3. The minimum Gasteiger partial charge on any atom is -0.465 e. The summed E-state index contributed by atoms with van der Waals surface area (Å²) in [5.41, 5.74) is -0.692. The van der Waals surface area contributed by atoms with Crippen LogP contribution in [-0.4, -0.2) is 90.7 Å². The van der Waals surface area contributed by atoms with Crippen LogP contribution in [0.4, 0.5) is 0 Å². The second kappa shape index (κ2) is 11.6. The second-order valence-corrected chi connectivity index (χ2v) is 11.9.